The van der Waals surface area contributed by atoms with Crippen LogP contribution in [-0.4, -0.2) is 37.9 Å². The van der Waals surface area contributed by atoms with Gasteiger partial charge in [0.05, 0.1) is 6.20 Å². The van der Waals surface area contributed by atoms with Crippen molar-refractivity contribution in [2.45, 2.75) is 70.4 Å². The van der Waals surface area contributed by atoms with Gasteiger partial charge in [-0.1, -0.05) is 24.3 Å². The van der Waals surface area contributed by atoms with Gasteiger partial charge in [-0.2, -0.15) is 0 Å². The lowest BCUT2D eigenvalue weighted by Crippen LogP contribution is -2.51. The van der Waals surface area contributed by atoms with Gasteiger partial charge in [0.25, 0.3) is 6.43 Å². The minimum absolute atomic E-state index is 0.00557. The Bertz CT molecular complexity index is 828. The Morgan fingerprint density at radius 3 is 2.73 bits per heavy atom. The van der Waals surface area contributed by atoms with Crippen molar-refractivity contribution in [1.82, 2.24) is 15.0 Å². The molecule has 0 amide bonds. The van der Waals surface area contributed by atoms with Gasteiger partial charge < -0.3 is 5.11 Å². The van der Waals surface area contributed by atoms with E-state index in [9.17, 15) is 18.7 Å². The lowest BCUT2D eigenvalue weighted by atomic mass is 9.50. The molecule has 5 rings (SSSR count). The molecule has 1 aromatic heterocycles. The van der Waals surface area contributed by atoms with Crippen LogP contribution in [0, 0.1) is 40.9 Å². The van der Waals surface area contributed by atoms with Crippen LogP contribution in [0.15, 0.2) is 24.5 Å². The maximum absolute atomic E-state index is 13.4. The van der Waals surface area contributed by atoms with Gasteiger partial charge in [-0.25, -0.2) is 13.5 Å². The number of alkyl halides is 2. The molecule has 1 aromatic rings. The molecule has 3 saturated carbocycles. The smallest absolute Gasteiger partial charge is 0.266 e. The summed E-state index contributed by atoms with van der Waals surface area (Å²) in [7, 11) is 0. The van der Waals surface area contributed by atoms with E-state index in [0.29, 0.717) is 30.1 Å². The van der Waals surface area contributed by atoms with E-state index in [0.717, 1.165) is 25.7 Å². The fourth-order valence-corrected chi connectivity index (χ4v) is 7.62. The van der Waals surface area contributed by atoms with Crippen molar-refractivity contribution in [2.24, 2.45) is 40.9 Å². The first-order valence-corrected chi connectivity index (χ1v) is 11.4. The largest absolute Gasteiger partial charge is 0.384 e. The summed E-state index contributed by atoms with van der Waals surface area (Å²) in [5, 5.41) is 18.1. The molecule has 8 atom stereocenters. The first-order chi connectivity index (χ1) is 14.3. The summed E-state index contributed by atoms with van der Waals surface area (Å²) in [6, 6.07) is 0. The summed E-state index contributed by atoms with van der Waals surface area (Å²) in [6.07, 6.45) is 10.1. The molecule has 0 spiro atoms. The zero-order chi connectivity index (χ0) is 21.1. The number of carbonyl (C=O) groups is 1. The minimum Gasteiger partial charge on any atom is -0.384 e. The van der Waals surface area contributed by atoms with E-state index in [-0.39, 0.29) is 42.4 Å². The molecular weight excluding hydrogens is 388 g/mol. The van der Waals surface area contributed by atoms with Gasteiger partial charge in [0.1, 0.15) is 12.1 Å². The third kappa shape index (κ3) is 3.07. The van der Waals surface area contributed by atoms with Crippen LogP contribution in [0.5, 0.6) is 0 Å². The molecule has 0 saturated heterocycles. The number of fused-ring (bicyclic) bond motifs is 5. The van der Waals surface area contributed by atoms with E-state index in [1.165, 1.54) is 0 Å². The Morgan fingerprint density at radius 1 is 1.20 bits per heavy atom. The number of Topliss-reactive ketones (excluding diaryl/α,β-unsaturated/α-hetero) is 1. The maximum Gasteiger partial charge on any atom is 0.266 e. The monoisotopic (exact) mass is 419 g/mol. The van der Waals surface area contributed by atoms with Crippen LogP contribution >= 0.6 is 0 Å². The Morgan fingerprint density at radius 2 is 2.00 bits per heavy atom. The number of hydrogen-bond acceptors (Lipinski definition) is 4. The summed E-state index contributed by atoms with van der Waals surface area (Å²) in [6.45, 7) is 2.58. The van der Waals surface area contributed by atoms with E-state index >= 15 is 0 Å². The highest BCUT2D eigenvalue weighted by atomic mass is 19.3. The van der Waals surface area contributed by atoms with Crippen LogP contribution < -0.4 is 0 Å². The van der Waals surface area contributed by atoms with Crippen molar-refractivity contribution in [3.8, 4) is 0 Å². The molecule has 5 nitrogen and oxygen atoms in total. The maximum atomic E-state index is 13.4. The first-order valence-electron chi connectivity index (χ1n) is 11.4. The molecular formula is C23H31F2N3O2. The Balaban J connectivity index is 1.34. The second-order valence-corrected chi connectivity index (χ2v) is 10.4. The van der Waals surface area contributed by atoms with Crippen LogP contribution in [0.1, 0.15) is 51.9 Å². The molecule has 1 N–H and O–H groups in total. The first kappa shape index (κ1) is 20.3. The number of aliphatic hydroxyl groups is 1. The standard InChI is InChI=1S/C23H31F2N3O2/c1-22-8-6-16-15-7-9-23(30,21(24)25)12-14(15)2-3-17(16)18(22)4-5-19(22)20(29)13-28-11-10-26-27-28/h2-3,10-11,14-19,21,30H,4-9,12-13H2,1H3/t14-,15+,16-,17-,18+,19-,22+,23-/m1/s1. The van der Waals surface area contributed by atoms with Crippen LogP contribution in [0.4, 0.5) is 8.78 Å². The number of halogens is 2. The number of rotatable bonds is 4. The number of carbonyl (C=O) groups excluding carboxylic acids is 1. The highest BCUT2D eigenvalue weighted by Gasteiger charge is 2.58. The van der Waals surface area contributed by atoms with Gasteiger partial charge in [0.2, 0.25) is 0 Å². The van der Waals surface area contributed by atoms with Crippen molar-refractivity contribution in [1.29, 1.82) is 0 Å². The summed E-state index contributed by atoms with van der Waals surface area (Å²) in [4.78, 5) is 13.1. The zero-order valence-corrected chi connectivity index (χ0v) is 17.5. The van der Waals surface area contributed by atoms with Gasteiger partial charge in [-0.05, 0) is 80.0 Å². The molecule has 0 radical (unpaired) electrons. The molecule has 4 aliphatic rings. The SMILES string of the molecule is C[C@]12CC[C@H]3[C@@H](C=C[C@@H]4C[C@@](O)(C(F)F)CC[C@H]34)[C@@H]1CC[C@@H]2C(=O)Cn1ccnn1. The number of aromatic nitrogens is 3. The molecule has 0 unspecified atom stereocenters. The van der Waals surface area contributed by atoms with E-state index in [1.807, 2.05) is 0 Å². The zero-order valence-electron chi connectivity index (χ0n) is 17.5. The number of nitrogens with zero attached hydrogens (tertiary/aromatic N) is 3. The molecule has 164 valence electrons. The van der Waals surface area contributed by atoms with Crippen LogP contribution in [0.3, 0.4) is 0 Å². The summed E-state index contributed by atoms with van der Waals surface area (Å²) >= 11 is 0. The van der Waals surface area contributed by atoms with E-state index in [2.05, 4.69) is 29.4 Å². The van der Waals surface area contributed by atoms with Crippen LogP contribution in [0.2, 0.25) is 0 Å². The van der Waals surface area contributed by atoms with Gasteiger partial charge in [0, 0.05) is 12.1 Å². The molecule has 4 aliphatic carbocycles. The third-order valence-corrected chi connectivity index (χ3v) is 9.15. The Hall–Kier alpha value is -1.63. The second-order valence-electron chi connectivity index (χ2n) is 10.4. The molecule has 30 heavy (non-hydrogen) atoms. The number of ketones is 1. The third-order valence-electron chi connectivity index (χ3n) is 9.15. The lowest BCUT2D eigenvalue weighted by molar-refractivity contribution is -0.143. The van der Waals surface area contributed by atoms with E-state index in [1.54, 1.807) is 17.1 Å². The molecule has 7 heteroatoms. The lowest BCUT2D eigenvalue weighted by Gasteiger charge is -2.54. The molecule has 0 bridgehead atoms. The molecule has 0 aromatic carbocycles. The Labute approximate surface area is 175 Å². The molecule has 3 fully saturated rings. The predicted molar refractivity (Wildman–Crippen MR) is 106 cm³/mol. The van der Waals surface area contributed by atoms with Crippen molar-refractivity contribution in [2.75, 3.05) is 0 Å². The van der Waals surface area contributed by atoms with Crippen molar-refractivity contribution >= 4 is 5.78 Å². The van der Waals surface area contributed by atoms with Gasteiger partial charge in [-0.3, -0.25) is 4.79 Å². The van der Waals surface area contributed by atoms with Crippen LogP contribution in [-0.2, 0) is 11.3 Å². The van der Waals surface area contributed by atoms with Gasteiger partial charge >= 0.3 is 0 Å². The second kappa shape index (κ2) is 7.21. The minimum atomic E-state index is -2.68. The quantitative estimate of drug-likeness (QED) is 0.752. The highest BCUT2D eigenvalue weighted by molar-refractivity contribution is 5.82. The average Bonchev–Trinajstić information content (AvgIpc) is 3.34. The van der Waals surface area contributed by atoms with Crippen molar-refractivity contribution in [3.63, 3.8) is 0 Å². The van der Waals surface area contributed by atoms with Crippen molar-refractivity contribution < 1.29 is 18.7 Å². The normalized spacial score (nSPS) is 45.1. The van der Waals surface area contributed by atoms with E-state index < -0.39 is 12.0 Å². The fourth-order valence-electron chi connectivity index (χ4n) is 7.62. The van der Waals surface area contributed by atoms with Crippen molar-refractivity contribution in [3.05, 3.63) is 24.5 Å². The van der Waals surface area contributed by atoms with Gasteiger partial charge in [0.15, 0.2) is 5.78 Å². The molecule has 0 aliphatic heterocycles. The molecule has 1 heterocycles. The number of allylic oxidation sites excluding steroid dienone is 2. The summed E-state index contributed by atoms with van der Waals surface area (Å²) < 4.78 is 28.3. The number of hydrogen-bond donors (Lipinski definition) is 1. The fraction of sp³-hybridized carbons (Fsp3) is 0.783. The Kier molecular flexibility index (Phi) is 4.88. The summed E-state index contributed by atoms with van der Waals surface area (Å²) in [5.41, 5.74) is -1.83. The van der Waals surface area contributed by atoms with Crippen LogP contribution in [0.25, 0.3) is 0 Å². The van der Waals surface area contributed by atoms with Gasteiger partial charge in [-0.15, -0.1) is 5.10 Å². The average molecular weight is 420 g/mol. The van der Waals surface area contributed by atoms with E-state index in [4.69, 9.17) is 0 Å². The predicted octanol–water partition coefficient (Wildman–Crippen LogP) is 3.89. The highest BCUT2D eigenvalue weighted by Crippen LogP contribution is 2.63. The summed E-state index contributed by atoms with van der Waals surface area (Å²) in [5.74, 6) is 2.11. The topological polar surface area (TPSA) is 68.0 Å².